The molecule has 8 nitrogen and oxygen atoms in total. The molecule has 0 saturated carbocycles. The summed E-state index contributed by atoms with van der Waals surface area (Å²) < 4.78 is 17.0. The summed E-state index contributed by atoms with van der Waals surface area (Å²) in [6.07, 6.45) is 35.6. The lowest BCUT2D eigenvalue weighted by atomic mass is 10.1. The lowest BCUT2D eigenvalue weighted by Crippen LogP contribution is -2.55. The molecule has 0 aliphatic rings. The van der Waals surface area contributed by atoms with Gasteiger partial charge in [0.2, 0.25) is 0 Å². The number of hydrogen-bond acceptors (Lipinski definition) is 7. The SMILES string of the molecule is CC/C=C/C=C/C=C/CCCCCCCCCC(=O)OCC(COCCC(C(=O)[O-])[N+](C)(C)C)OC(=O)CCCCCC/C=C/CCCC. The minimum Gasteiger partial charge on any atom is -0.544 e. The maximum atomic E-state index is 12.6. The summed E-state index contributed by atoms with van der Waals surface area (Å²) in [5.74, 6) is -1.78. The molecule has 0 aliphatic heterocycles. The van der Waals surface area contributed by atoms with Gasteiger partial charge in [-0.2, -0.15) is 0 Å². The molecule has 0 aromatic heterocycles. The molecule has 0 heterocycles. The fourth-order valence-corrected chi connectivity index (χ4v) is 5.23. The van der Waals surface area contributed by atoms with E-state index in [9.17, 15) is 19.5 Å². The maximum absolute atomic E-state index is 12.6. The molecule has 0 rings (SSSR count). The first kappa shape index (κ1) is 46.3. The molecule has 49 heavy (non-hydrogen) atoms. The number of aliphatic carboxylic acids is 1. The van der Waals surface area contributed by atoms with E-state index in [0.29, 0.717) is 12.8 Å². The van der Waals surface area contributed by atoms with Gasteiger partial charge in [0.1, 0.15) is 12.6 Å². The summed E-state index contributed by atoms with van der Waals surface area (Å²) >= 11 is 0. The Balaban J connectivity index is 4.42. The van der Waals surface area contributed by atoms with E-state index in [-0.39, 0.29) is 42.7 Å². The Morgan fingerprint density at radius 2 is 1.16 bits per heavy atom. The molecule has 8 heteroatoms. The van der Waals surface area contributed by atoms with Crippen LogP contribution in [0.2, 0.25) is 0 Å². The van der Waals surface area contributed by atoms with Crippen molar-refractivity contribution >= 4 is 17.9 Å². The van der Waals surface area contributed by atoms with Gasteiger partial charge in [0.15, 0.2) is 6.10 Å². The lowest BCUT2D eigenvalue weighted by molar-refractivity contribution is -0.889. The molecule has 0 aliphatic carbocycles. The van der Waals surface area contributed by atoms with Gasteiger partial charge in [-0.05, 0) is 51.4 Å². The van der Waals surface area contributed by atoms with Crippen LogP contribution in [0.25, 0.3) is 0 Å². The molecular weight excluding hydrogens is 618 g/mol. The Labute approximate surface area is 299 Å². The van der Waals surface area contributed by atoms with Crippen molar-refractivity contribution in [2.75, 3.05) is 41.0 Å². The zero-order valence-corrected chi connectivity index (χ0v) is 31.8. The molecule has 282 valence electrons. The van der Waals surface area contributed by atoms with Gasteiger partial charge in [0, 0.05) is 19.3 Å². The molecule has 0 radical (unpaired) electrons. The zero-order valence-electron chi connectivity index (χ0n) is 31.8. The second-order valence-electron chi connectivity index (χ2n) is 13.8. The number of allylic oxidation sites excluding steroid dienone is 8. The van der Waals surface area contributed by atoms with Crippen molar-refractivity contribution in [2.24, 2.45) is 0 Å². The van der Waals surface area contributed by atoms with Crippen molar-refractivity contribution in [1.82, 2.24) is 0 Å². The van der Waals surface area contributed by atoms with E-state index in [2.05, 4.69) is 62.5 Å². The third-order valence-corrected chi connectivity index (χ3v) is 8.26. The van der Waals surface area contributed by atoms with E-state index in [4.69, 9.17) is 14.2 Å². The number of carboxylic acid groups (broad SMARTS) is 1. The van der Waals surface area contributed by atoms with Gasteiger partial charge in [-0.1, -0.05) is 120 Å². The Morgan fingerprint density at radius 3 is 1.73 bits per heavy atom. The van der Waals surface area contributed by atoms with Crippen LogP contribution < -0.4 is 5.11 Å². The standard InChI is InChI=1S/C41H71NO7/c1-6-8-10-12-14-16-18-19-20-21-22-24-25-27-29-31-39(43)48-36-37(35-47-34-33-38(41(45)46)42(3,4)5)49-40(44)32-30-28-26-23-17-15-13-11-9-7-2/h8,10,12-16,18,37-38H,6-7,9,11,17,19-36H2,1-5H3/b10-8+,14-12+,15-13+,18-16+. The average Bonchev–Trinajstić information content (AvgIpc) is 3.05. The number of rotatable bonds is 33. The topological polar surface area (TPSA) is 102 Å². The first-order valence-corrected chi connectivity index (χ1v) is 19.2. The molecule has 0 saturated heterocycles. The van der Waals surface area contributed by atoms with Crippen LogP contribution in [-0.4, -0.2) is 75.5 Å². The number of nitrogens with zero attached hydrogens (tertiary/aromatic N) is 1. The number of carbonyl (C=O) groups is 3. The van der Waals surface area contributed by atoms with E-state index in [0.717, 1.165) is 70.6 Å². The van der Waals surface area contributed by atoms with Crippen molar-refractivity contribution in [1.29, 1.82) is 0 Å². The highest BCUT2D eigenvalue weighted by Crippen LogP contribution is 2.13. The molecule has 0 aromatic rings. The summed E-state index contributed by atoms with van der Waals surface area (Å²) in [6, 6.07) is -0.728. The smallest absolute Gasteiger partial charge is 0.306 e. The fourth-order valence-electron chi connectivity index (χ4n) is 5.23. The molecule has 0 amide bonds. The fraction of sp³-hybridized carbons (Fsp3) is 0.732. The monoisotopic (exact) mass is 690 g/mol. The van der Waals surface area contributed by atoms with Gasteiger partial charge in [0.25, 0.3) is 0 Å². The summed E-state index contributed by atoms with van der Waals surface area (Å²) in [7, 11) is 5.38. The molecule has 0 spiro atoms. The number of carbonyl (C=O) groups excluding carboxylic acids is 3. The quantitative estimate of drug-likeness (QED) is 0.0224. The average molecular weight is 690 g/mol. The van der Waals surface area contributed by atoms with E-state index in [1.807, 2.05) is 0 Å². The molecular formula is C41H71NO7. The van der Waals surface area contributed by atoms with Crippen molar-refractivity contribution in [2.45, 2.75) is 154 Å². The second-order valence-corrected chi connectivity index (χ2v) is 13.8. The molecule has 0 N–H and O–H groups in total. The van der Waals surface area contributed by atoms with E-state index in [1.165, 1.54) is 38.5 Å². The van der Waals surface area contributed by atoms with Crippen LogP contribution in [0.3, 0.4) is 0 Å². The van der Waals surface area contributed by atoms with Gasteiger partial charge in [-0.15, -0.1) is 0 Å². The van der Waals surface area contributed by atoms with Gasteiger partial charge in [-0.3, -0.25) is 9.59 Å². The van der Waals surface area contributed by atoms with Gasteiger partial charge in [0.05, 0.1) is 40.3 Å². The predicted octanol–water partition coefficient (Wildman–Crippen LogP) is 8.35. The summed E-state index contributed by atoms with van der Waals surface area (Å²) in [4.78, 5) is 36.6. The van der Waals surface area contributed by atoms with Crippen LogP contribution in [-0.2, 0) is 28.6 Å². The van der Waals surface area contributed by atoms with Crippen LogP contribution in [0.5, 0.6) is 0 Å². The summed E-state index contributed by atoms with van der Waals surface area (Å²) in [6.45, 7) is 4.44. The highest BCUT2D eigenvalue weighted by atomic mass is 16.6. The van der Waals surface area contributed by atoms with Gasteiger partial charge in [-0.25, -0.2) is 0 Å². The number of quaternary nitrogens is 1. The maximum Gasteiger partial charge on any atom is 0.306 e. The molecule has 0 aromatic carbocycles. The minimum absolute atomic E-state index is 0.0308. The summed E-state index contributed by atoms with van der Waals surface area (Å²) in [5.41, 5.74) is 0. The zero-order chi connectivity index (χ0) is 36.4. The number of ether oxygens (including phenoxy) is 3. The second kappa shape index (κ2) is 32.5. The van der Waals surface area contributed by atoms with Crippen LogP contribution >= 0.6 is 0 Å². The number of esters is 2. The molecule has 0 fully saturated rings. The summed E-state index contributed by atoms with van der Waals surface area (Å²) in [5, 5.41) is 11.6. The Morgan fingerprint density at radius 1 is 0.633 bits per heavy atom. The van der Waals surface area contributed by atoms with Crippen molar-refractivity contribution < 1.29 is 38.2 Å². The van der Waals surface area contributed by atoms with Crippen LogP contribution in [0.15, 0.2) is 48.6 Å². The van der Waals surface area contributed by atoms with Crippen molar-refractivity contribution in [3.05, 3.63) is 48.6 Å². The number of carboxylic acids is 1. The Kier molecular flexibility index (Phi) is 30.7. The minimum atomic E-state index is -1.13. The third kappa shape index (κ3) is 31.0. The van der Waals surface area contributed by atoms with Crippen LogP contribution in [0.1, 0.15) is 142 Å². The van der Waals surface area contributed by atoms with Crippen molar-refractivity contribution in [3.8, 4) is 0 Å². The van der Waals surface area contributed by atoms with Gasteiger partial charge < -0.3 is 28.6 Å². The highest BCUT2D eigenvalue weighted by molar-refractivity contribution is 5.70. The van der Waals surface area contributed by atoms with Crippen LogP contribution in [0.4, 0.5) is 0 Å². The Bertz CT molecular complexity index is 948. The first-order chi connectivity index (χ1) is 23.6. The molecule has 2 atom stereocenters. The highest BCUT2D eigenvalue weighted by Gasteiger charge is 2.25. The third-order valence-electron chi connectivity index (χ3n) is 8.26. The van der Waals surface area contributed by atoms with E-state index < -0.39 is 18.1 Å². The van der Waals surface area contributed by atoms with Crippen LogP contribution in [0, 0.1) is 0 Å². The number of likely N-dealkylation sites (N-methyl/N-ethyl adjacent to an activating group) is 1. The number of hydrogen-bond donors (Lipinski definition) is 0. The van der Waals surface area contributed by atoms with E-state index in [1.54, 1.807) is 21.1 Å². The van der Waals surface area contributed by atoms with Gasteiger partial charge >= 0.3 is 11.9 Å². The lowest BCUT2D eigenvalue weighted by Gasteiger charge is -2.34. The predicted molar refractivity (Wildman–Crippen MR) is 199 cm³/mol. The number of unbranched alkanes of at least 4 members (excludes halogenated alkanes) is 13. The first-order valence-electron chi connectivity index (χ1n) is 19.2. The molecule has 0 bridgehead atoms. The Hall–Kier alpha value is -2.71. The largest absolute Gasteiger partial charge is 0.544 e. The van der Waals surface area contributed by atoms with E-state index >= 15 is 0 Å². The normalized spacial score (nSPS) is 13.6. The van der Waals surface area contributed by atoms with Crippen molar-refractivity contribution in [3.63, 3.8) is 0 Å². The molecule has 2 unspecified atom stereocenters.